The van der Waals surface area contributed by atoms with Gasteiger partial charge >= 0.3 is 0 Å². The van der Waals surface area contributed by atoms with E-state index in [9.17, 15) is 18.0 Å². The van der Waals surface area contributed by atoms with Crippen molar-refractivity contribution in [3.05, 3.63) is 58.1 Å². The second kappa shape index (κ2) is 11.8. The van der Waals surface area contributed by atoms with Crippen LogP contribution >= 0.6 is 23.2 Å². The van der Waals surface area contributed by atoms with Crippen molar-refractivity contribution in [2.24, 2.45) is 0 Å². The van der Waals surface area contributed by atoms with Gasteiger partial charge in [-0.1, -0.05) is 41.4 Å². The highest BCUT2D eigenvalue weighted by molar-refractivity contribution is 7.92. The first-order valence-electron chi connectivity index (χ1n) is 10.5. The van der Waals surface area contributed by atoms with E-state index in [1.54, 1.807) is 49.4 Å². The second-order valence-corrected chi connectivity index (χ2v) is 10.8. The standard InChI is InChI=1S/C23H29Cl2N3O5S/c1-15(2)26-23(30)16(3)27(13-17-10-11-18(24)19(25)12-17)22(29)14-28(34(5,31)32)20-8-6-7-9-21(20)33-4/h6-12,15-16H,13-14H2,1-5H3,(H,26,30). The average molecular weight is 530 g/mol. The first-order valence-corrected chi connectivity index (χ1v) is 13.1. The van der Waals surface area contributed by atoms with Gasteiger partial charge in [-0.15, -0.1) is 0 Å². The first-order chi connectivity index (χ1) is 15.8. The van der Waals surface area contributed by atoms with Crippen LogP contribution in [-0.2, 0) is 26.2 Å². The Hall–Kier alpha value is -2.49. The van der Waals surface area contributed by atoms with Crippen molar-refractivity contribution in [2.45, 2.75) is 39.4 Å². The Kier molecular flexibility index (Phi) is 9.61. The number of ether oxygens (including phenoxy) is 1. The van der Waals surface area contributed by atoms with Crippen LogP contribution in [0, 0.1) is 0 Å². The van der Waals surface area contributed by atoms with E-state index in [0.29, 0.717) is 21.4 Å². The Morgan fingerprint density at radius 2 is 1.71 bits per heavy atom. The molecule has 1 atom stereocenters. The minimum Gasteiger partial charge on any atom is -0.495 e. The van der Waals surface area contributed by atoms with Gasteiger partial charge < -0.3 is 15.0 Å². The smallest absolute Gasteiger partial charge is 0.244 e. The molecule has 2 aromatic rings. The molecule has 0 fully saturated rings. The van der Waals surface area contributed by atoms with Crippen LogP contribution in [0.1, 0.15) is 26.3 Å². The van der Waals surface area contributed by atoms with Crippen LogP contribution in [0.2, 0.25) is 10.0 Å². The lowest BCUT2D eigenvalue weighted by atomic mass is 10.1. The number of anilines is 1. The van der Waals surface area contributed by atoms with Crippen LogP contribution in [0.3, 0.4) is 0 Å². The molecule has 11 heteroatoms. The second-order valence-electron chi connectivity index (χ2n) is 8.05. The van der Waals surface area contributed by atoms with E-state index in [1.165, 1.54) is 12.0 Å². The molecule has 0 aliphatic rings. The Balaban J connectivity index is 2.45. The fraction of sp³-hybridized carbons (Fsp3) is 0.391. The van der Waals surface area contributed by atoms with Gasteiger partial charge in [0.2, 0.25) is 21.8 Å². The summed E-state index contributed by atoms with van der Waals surface area (Å²) in [7, 11) is -2.45. The first kappa shape index (κ1) is 27.8. The molecule has 0 bridgehead atoms. The predicted octanol–water partition coefficient (Wildman–Crippen LogP) is 3.71. The fourth-order valence-electron chi connectivity index (χ4n) is 3.25. The molecule has 1 N–H and O–H groups in total. The van der Waals surface area contributed by atoms with Crippen LogP contribution in [0.4, 0.5) is 5.69 Å². The topological polar surface area (TPSA) is 96.0 Å². The van der Waals surface area contributed by atoms with Crippen LogP contribution < -0.4 is 14.4 Å². The molecule has 0 saturated carbocycles. The molecule has 186 valence electrons. The lowest BCUT2D eigenvalue weighted by molar-refractivity contribution is -0.139. The third-order valence-electron chi connectivity index (χ3n) is 4.97. The molecular weight excluding hydrogens is 501 g/mol. The van der Waals surface area contributed by atoms with Crippen molar-refractivity contribution in [3.8, 4) is 5.75 Å². The van der Waals surface area contributed by atoms with Gasteiger partial charge in [-0.05, 0) is 50.6 Å². The highest BCUT2D eigenvalue weighted by Gasteiger charge is 2.31. The number of nitrogens with zero attached hydrogens (tertiary/aromatic N) is 2. The van der Waals surface area contributed by atoms with Crippen LogP contribution in [-0.4, -0.2) is 57.1 Å². The van der Waals surface area contributed by atoms with E-state index in [4.69, 9.17) is 27.9 Å². The molecule has 0 aliphatic heterocycles. The number of hydrogen-bond donors (Lipinski definition) is 1. The van der Waals surface area contributed by atoms with Gasteiger partial charge in [0.15, 0.2) is 0 Å². The number of para-hydroxylation sites is 2. The monoisotopic (exact) mass is 529 g/mol. The molecule has 8 nitrogen and oxygen atoms in total. The number of carbonyl (C=O) groups excluding carboxylic acids is 2. The minimum absolute atomic E-state index is 0.0198. The number of benzene rings is 2. The maximum atomic E-state index is 13.5. The largest absolute Gasteiger partial charge is 0.495 e. The number of nitrogens with one attached hydrogen (secondary N) is 1. The summed E-state index contributed by atoms with van der Waals surface area (Å²) in [6.45, 7) is 4.69. The van der Waals surface area contributed by atoms with Crippen molar-refractivity contribution in [2.75, 3.05) is 24.2 Å². The Labute approximate surface area is 210 Å². The summed E-state index contributed by atoms with van der Waals surface area (Å²) in [6, 6.07) is 10.4. The van der Waals surface area contributed by atoms with Crippen LogP contribution in [0.25, 0.3) is 0 Å². The molecule has 0 saturated heterocycles. The predicted molar refractivity (Wildman–Crippen MR) is 135 cm³/mol. The van der Waals surface area contributed by atoms with Gasteiger partial charge in [0.25, 0.3) is 0 Å². The molecule has 2 rings (SSSR count). The van der Waals surface area contributed by atoms with Crippen molar-refractivity contribution in [1.82, 2.24) is 10.2 Å². The average Bonchev–Trinajstić information content (AvgIpc) is 2.76. The van der Waals surface area contributed by atoms with Crippen molar-refractivity contribution in [3.63, 3.8) is 0 Å². The zero-order chi connectivity index (χ0) is 25.6. The molecule has 2 amide bonds. The van der Waals surface area contributed by atoms with Gasteiger partial charge in [0.05, 0.1) is 29.1 Å². The van der Waals surface area contributed by atoms with E-state index in [-0.39, 0.29) is 24.2 Å². The molecule has 0 aromatic heterocycles. The van der Waals surface area contributed by atoms with Gasteiger partial charge in [-0.25, -0.2) is 8.42 Å². The zero-order valence-corrected chi connectivity index (χ0v) is 22.0. The van der Waals surface area contributed by atoms with E-state index in [2.05, 4.69) is 5.32 Å². The van der Waals surface area contributed by atoms with Gasteiger partial charge in [-0.2, -0.15) is 0 Å². The molecule has 0 radical (unpaired) electrons. The highest BCUT2D eigenvalue weighted by atomic mass is 35.5. The fourth-order valence-corrected chi connectivity index (χ4v) is 4.43. The van der Waals surface area contributed by atoms with Gasteiger partial charge in [0.1, 0.15) is 18.3 Å². The number of sulfonamides is 1. The lowest BCUT2D eigenvalue weighted by Gasteiger charge is -2.32. The molecule has 2 aromatic carbocycles. The Morgan fingerprint density at radius 3 is 2.26 bits per heavy atom. The number of amides is 2. The van der Waals surface area contributed by atoms with E-state index in [1.807, 2.05) is 13.8 Å². The maximum absolute atomic E-state index is 13.5. The summed E-state index contributed by atoms with van der Waals surface area (Å²) in [5, 5.41) is 3.44. The van der Waals surface area contributed by atoms with Gasteiger partial charge in [0, 0.05) is 12.6 Å². The quantitative estimate of drug-likeness (QED) is 0.506. The molecule has 0 spiro atoms. The molecule has 0 heterocycles. The molecule has 34 heavy (non-hydrogen) atoms. The Morgan fingerprint density at radius 1 is 1.06 bits per heavy atom. The number of methoxy groups -OCH3 is 1. The summed E-state index contributed by atoms with van der Waals surface area (Å²) in [6.07, 6.45) is 1.00. The Bertz CT molecular complexity index is 1140. The van der Waals surface area contributed by atoms with E-state index in [0.717, 1.165) is 10.6 Å². The van der Waals surface area contributed by atoms with Crippen molar-refractivity contribution in [1.29, 1.82) is 0 Å². The van der Waals surface area contributed by atoms with E-state index < -0.39 is 28.5 Å². The van der Waals surface area contributed by atoms with E-state index >= 15 is 0 Å². The molecular formula is C23H29Cl2N3O5S. The summed E-state index contributed by atoms with van der Waals surface area (Å²) in [5.74, 6) is -0.650. The van der Waals surface area contributed by atoms with Crippen molar-refractivity contribution >= 4 is 50.7 Å². The number of carbonyl (C=O) groups is 2. The van der Waals surface area contributed by atoms with Crippen LogP contribution in [0.5, 0.6) is 5.75 Å². The van der Waals surface area contributed by atoms with Gasteiger partial charge in [-0.3, -0.25) is 13.9 Å². The third kappa shape index (κ3) is 7.25. The third-order valence-corrected chi connectivity index (χ3v) is 6.83. The highest BCUT2D eigenvalue weighted by Crippen LogP contribution is 2.30. The number of halogens is 2. The molecule has 0 aliphatic carbocycles. The number of hydrogen-bond acceptors (Lipinski definition) is 5. The van der Waals surface area contributed by atoms with Crippen molar-refractivity contribution < 1.29 is 22.7 Å². The summed E-state index contributed by atoms with van der Waals surface area (Å²) < 4.78 is 31.5. The lowest BCUT2D eigenvalue weighted by Crippen LogP contribution is -2.52. The summed E-state index contributed by atoms with van der Waals surface area (Å²) in [5.41, 5.74) is 0.852. The summed E-state index contributed by atoms with van der Waals surface area (Å²) in [4.78, 5) is 27.6. The zero-order valence-electron chi connectivity index (χ0n) is 19.7. The summed E-state index contributed by atoms with van der Waals surface area (Å²) >= 11 is 12.1. The molecule has 1 unspecified atom stereocenters. The number of rotatable bonds is 10. The maximum Gasteiger partial charge on any atom is 0.244 e. The minimum atomic E-state index is -3.86. The SMILES string of the molecule is COc1ccccc1N(CC(=O)N(Cc1ccc(Cl)c(Cl)c1)C(C)C(=O)NC(C)C)S(C)(=O)=O. The normalized spacial score (nSPS) is 12.2. The van der Waals surface area contributed by atoms with Crippen LogP contribution in [0.15, 0.2) is 42.5 Å².